The average Bonchev–Trinajstić information content (AvgIpc) is 3.43. The molecule has 1 saturated heterocycles. The summed E-state index contributed by atoms with van der Waals surface area (Å²) in [5, 5.41) is 5.87. The number of ether oxygens (including phenoxy) is 2. The molecule has 2 aromatic heterocycles. The molecule has 0 bridgehead atoms. The molecule has 6 rings (SSSR count). The summed E-state index contributed by atoms with van der Waals surface area (Å²) in [6.45, 7) is 1.97. The SMILES string of the molecule is CN(C)c1ccc(C=Nn2c(-c3cc4cc(Br)ccc4o3)nc3ccccc3c2=O)c(OCC(=O)N2CCOCC2)c1. The molecule has 0 aliphatic carbocycles. The van der Waals surface area contributed by atoms with E-state index in [9.17, 15) is 9.59 Å². The van der Waals surface area contributed by atoms with E-state index in [-0.39, 0.29) is 23.9 Å². The molecule has 10 nitrogen and oxygen atoms in total. The van der Waals surface area contributed by atoms with E-state index >= 15 is 0 Å². The topological polar surface area (TPSA) is 102 Å². The Morgan fingerprint density at radius 3 is 2.71 bits per heavy atom. The van der Waals surface area contributed by atoms with Crippen molar-refractivity contribution in [2.24, 2.45) is 5.10 Å². The maximum atomic E-state index is 13.7. The first-order chi connectivity index (χ1) is 20.4. The Kier molecular flexibility index (Phi) is 7.77. The first-order valence-electron chi connectivity index (χ1n) is 13.4. The number of halogens is 1. The molecule has 0 unspecified atom stereocenters. The smallest absolute Gasteiger partial charge is 0.282 e. The fourth-order valence-corrected chi connectivity index (χ4v) is 5.09. The fourth-order valence-electron chi connectivity index (χ4n) is 4.71. The third kappa shape index (κ3) is 5.65. The second kappa shape index (κ2) is 11.8. The van der Waals surface area contributed by atoms with Gasteiger partial charge in [-0.1, -0.05) is 28.1 Å². The number of nitrogens with zero attached hydrogens (tertiary/aromatic N) is 5. The molecule has 1 aliphatic rings. The largest absolute Gasteiger partial charge is 0.483 e. The van der Waals surface area contributed by atoms with Crippen molar-refractivity contribution in [1.29, 1.82) is 0 Å². The summed E-state index contributed by atoms with van der Waals surface area (Å²) in [7, 11) is 3.84. The molecule has 42 heavy (non-hydrogen) atoms. The summed E-state index contributed by atoms with van der Waals surface area (Å²) in [6, 6.07) is 20.2. The van der Waals surface area contributed by atoms with Gasteiger partial charge in [0.25, 0.3) is 11.5 Å². The fraction of sp³-hybridized carbons (Fsp3) is 0.226. The number of hydrogen-bond donors (Lipinski definition) is 0. The average molecular weight is 630 g/mol. The van der Waals surface area contributed by atoms with E-state index in [2.05, 4.69) is 21.0 Å². The van der Waals surface area contributed by atoms with E-state index in [1.54, 1.807) is 23.1 Å². The third-order valence-electron chi connectivity index (χ3n) is 6.99. The molecular weight excluding hydrogens is 602 g/mol. The maximum absolute atomic E-state index is 13.7. The molecule has 3 heterocycles. The van der Waals surface area contributed by atoms with Gasteiger partial charge < -0.3 is 23.7 Å². The number of carbonyl (C=O) groups excluding carboxylic acids is 1. The van der Waals surface area contributed by atoms with Crippen molar-refractivity contribution >= 4 is 55.6 Å². The predicted octanol–water partition coefficient (Wildman–Crippen LogP) is 4.76. The zero-order chi connectivity index (χ0) is 29.2. The number of rotatable bonds is 7. The molecule has 1 aliphatic heterocycles. The lowest BCUT2D eigenvalue weighted by Crippen LogP contribution is -2.43. The number of hydrogen-bond acceptors (Lipinski definition) is 8. The number of morpholine rings is 1. The lowest BCUT2D eigenvalue weighted by molar-refractivity contribution is -0.137. The van der Waals surface area contributed by atoms with Gasteiger partial charge >= 0.3 is 0 Å². The first kappa shape index (κ1) is 27.7. The number of carbonyl (C=O) groups is 1. The number of anilines is 1. The molecule has 0 atom stereocenters. The predicted molar refractivity (Wildman–Crippen MR) is 166 cm³/mol. The zero-order valence-electron chi connectivity index (χ0n) is 23.1. The normalized spacial score (nSPS) is 13.7. The number of benzene rings is 3. The Hall–Kier alpha value is -4.48. The van der Waals surface area contributed by atoms with Gasteiger partial charge in [-0.3, -0.25) is 9.59 Å². The quantitative estimate of drug-likeness (QED) is 0.239. The van der Waals surface area contributed by atoms with E-state index in [0.717, 1.165) is 15.5 Å². The summed E-state index contributed by atoms with van der Waals surface area (Å²) in [5.41, 5.74) is 2.33. The maximum Gasteiger partial charge on any atom is 0.282 e. The van der Waals surface area contributed by atoms with Gasteiger partial charge in [-0.25, -0.2) is 4.98 Å². The highest BCUT2D eigenvalue weighted by Gasteiger charge is 2.19. The molecule has 1 fully saturated rings. The van der Waals surface area contributed by atoms with Crippen LogP contribution in [0, 0.1) is 0 Å². The molecule has 0 radical (unpaired) electrons. The molecule has 0 spiro atoms. The number of amides is 1. The van der Waals surface area contributed by atoms with Crippen LogP contribution in [-0.2, 0) is 9.53 Å². The molecule has 3 aromatic carbocycles. The second-order valence-corrected chi connectivity index (χ2v) is 10.9. The molecule has 0 N–H and O–H groups in total. The van der Waals surface area contributed by atoms with Gasteiger partial charge in [0.05, 0.1) is 30.3 Å². The van der Waals surface area contributed by atoms with Crippen molar-refractivity contribution in [3.8, 4) is 17.3 Å². The van der Waals surface area contributed by atoms with Crippen molar-refractivity contribution < 1.29 is 18.7 Å². The van der Waals surface area contributed by atoms with Crippen LogP contribution >= 0.6 is 15.9 Å². The number of para-hydroxylation sites is 1. The molecule has 5 aromatic rings. The Bertz CT molecular complexity index is 1870. The zero-order valence-corrected chi connectivity index (χ0v) is 24.7. The molecule has 11 heteroatoms. The number of furan rings is 1. The molecule has 214 valence electrons. The van der Waals surface area contributed by atoms with Crippen LogP contribution in [0.4, 0.5) is 5.69 Å². The van der Waals surface area contributed by atoms with Crippen molar-refractivity contribution in [3.63, 3.8) is 0 Å². The van der Waals surface area contributed by atoms with E-state index in [1.165, 1.54) is 10.9 Å². The van der Waals surface area contributed by atoms with E-state index in [0.29, 0.717) is 59.9 Å². The highest BCUT2D eigenvalue weighted by atomic mass is 79.9. The van der Waals surface area contributed by atoms with Crippen LogP contribution < -0.4 is 15.2 Å². The summed E-state index contributed by atoms with van der Waals surface area (Å²) in [4.78, 5) is 34.9. The lowest BCUT2D eigenvalue weighted by atomic mass is 10.2. The number of fused-ring (bicyclic) bond motifs is 2. The summed E-state index contributed by atoms with van der Waals surface area (Å²) in [6.07, 6.45) is 1.54. The first-order valence-corrected chi connectivity index (χ1v) is 14.2. The summed E-state index contributed by atoms with van der Waals surface area (Å²) < 4.78 is 19.6. The van der Waals surface area contributed by atoms with E-state index < -0.39 is 0 Å². The minimum absolute atomic E-state index is 0.120. The molecule has 1 amide bonds. The van der Waals surface area contributed by atoms with Gasteiger partial charge in [-0.05, 0) is 48.5 Å². The van der Waals surface area contributed by atoms with Gasteiger partial charge in [-0.2, -0.15) is 9.78 Å². The Balaban J connectivity index is 1.40. The Morgan fingerprint density at radius 1 is 1.10 bits per heavy atom. The van der Waals surface area contributed by atoms with Crippen LogP contribution in [0.5, 0.6) is 5.75 Å². The summed E-state index contributed by atoms with van der Waals surface area (Å²) >= 11 is 3.49. The Morgan fingerprint density at radius 2 is 1.90 bits per heavy atom. The van der Waals surface area contributed by atoms with Crippen LogP contribution in [0.25, 0.3) is 33.5 Å². The minimum Gasteiger partial charge on any atom is -0.483 e. The second-order valence-electron chi connectivity index (χ2n) is 10.0. The van der Waals surface area contributed by atoms with Gasteiger partial charge in [-0.15, -0.1) is 0 Å². The van der Waals surface area contributed by atoms with Crippen LogP contribution in [0.15, 0.2) is 85.5 Å². The van der Waals surface area contributed by atoms with Gasteiger partial charge in [0.1, 0.15) is 11.3 Å². The lowest BCUT2D eigenvalue weighted by Gasteiger charge is -2.27. The van der Waals surface area contributed by atoms with Crippen molar-refractivity contribution in [2.75, 3.05) is 51.9 Å². The van der Waals surface area contributed by atoms with Crippen LogP contribution in [0.3, 0.4) is 0 Å². The van der Waals surface area contributed by atoms with Crippen LogP contribution in [-0.4, -0.2) is 73.7 Å². The minimum atomic E-state index is -0.344. The van der Waals surface area contributed by atoms with Gasteiger partial charge in [0.2, 0.25) is 5.82 Å². The van der Waals surface area contributed by atoms with Crippen molar-refractivity contribution in [3.05, 3.63) is 87.1 Å². The van der Waals surface area contributed by atoms with Crippen molar-refractivity contribution in [2.45, 2.75) is 0 Å². The van der Waals surface area contributed by atoms with Gasteiger partial charge in [0.15, 0.2) is 12.4 Å². The monoisotopic (exact) mass is 629 g/mol. The van der Waals surface area contributed by atoms with Crippen LogP contribution in [0.1, 0.15) is 5.56 Å². The van der Waals surface area contributed by atoms with Gasteiger partial charge in [0, 0.05) is 54.4 Å². The van der Waals surface area contributed by atoms with E-state index in [4.69, 9.17) is 18.9 Å². The standard InChI is InChI=1S/C31H28BrN5O5/c1-35(2)23-9-7-20(27(17-23)41-19-29(38)36-11-13-40-14-12-36)18-33-37-30(34-25-6-4-3-5-24(25)31(37)39)28-16-21-15-22(32)8-10-26(21)42-28/h3-10,15-18H,11-14,19H2,1-2H3. The van der Waals surface area contributed by atoms with Crippen LogP contribution in [0.2, 0.25) is 0 Å². The van der Waals surface area contributed by atoms with E-state index in [1.807, 2.05) is 67.5 Å². The highest BCUT2D eigenvalue weighted by molar-refractivity contribution is 9.10. The summed E-state index contributed by atoms with van der Waals surface area (Å²) in [5.74, 6) is 1.00. The highest BCUT2D eigenvalue weighted by Crippen LogP contribution is 2.29. The molecular formula is C31H28BrN5O5. The molecule has 0 saturated carbocycles. The van der Waals surface area contributed by atoms with Crippen molar-refractivity contribution in [1.82, 2.24) is 14.6 Å². The third-order valence-corrected chi connectivity index (χ3v) is 7.49. The Labute approximate surface area is 249 Å². The number of aromatic nitrogens is 2.